The van der Waals surface area contributed by atoms with Gasteiger partial charge < -0.3 is 0 Å². The number of halogens is 4. The summed E-state index contributed by atoms with van der Waals surface area (Å²) in [5.41, 5.74) is 0.551. The molecule has 0 N–H and O–H groups in total. The Morgan fingerprint density at radius 1 is 1.24 bits per heavy atom. The molecule has 0 aliphatic carbocycles. The maximum absolute atomic E-state index is 12.5. The zero-order valence-corrected chi connectivity index (χ0v) is 9.73. The summed E-state index contributed by atoms with van der Waals surface area (Å²) < 4.78 is 37.6. The normalized spacial score (nSPS) is 12.1. The minimum atomic E-state index is -4.33. The van der Waals surface area contributed by atoms with Gasteiger partial charge in [0.2, 0.25) is 0 Å². The molecule has 1 aromatic heterocycles. The van der Waals surface area contributed by atoms with Crippen LogP contribution in [0.1, 0.15) is 18.1 Å². The molecule has 0 saturated heterocycles. The van der Waals surface area contributed by atoms with E-state index in [1.807, 2.05) is 6.92 Å². The molecule has 0 aliphatic rings. The molecule has 1 aromatic carbocycles. The molecule has 0 bridgehead atoms. The van der Waals surface area contributed by atoms with E-state index in [1.54, 1.807) is 6.07 Å². The maximum Gasteiger partial charge on any atom is 0.416 e. The Morgan fingerprint density at radius 3 is 2.53 bits per heavy atom. The zero-order chi connectivity index (χ0) is 12.6. The Hall–Kier alpha value is -1.29. The second-order valence-corrected chi connectivity index (χ2v) is 4.06. The number of hydrogen-bond acceptors (Lipinski definition) is 1. The van der Waals surface area contributed by atoms with Crippen molar-refractivity contribution < 1.29 is 13.2 Å². The average Bonchev–Trinajstić information content (AvgIpc) is 2.26. The van der Waals surface area contributed by atoms with Crippen molar-refractivity contribution in [1.29, 1.82) is 0 Å². The van der Waals surface area contributed by atoms with Gasteiger partial charge in [0.1, 0.15) is 5.15 Å². The van der Waals surface area contributed by atoms with Gasteiger partial charge in [-0.15, -0.1) is 0 Å². The van der Waals surface area contributed by atoms with Gasteiger partial charge in [-0.05, 0) is 36.2 Å². The summed E-state index contributed by atoms with van der Waals surface area (Å²) in [6.07, 6.45) is -3.70. The summed E-state index contributed by atoms with van der Waals surface area (Å²) in [5, 5.41) is 0.806. The van der Waals surface area contributed by atoms with Gasteiger partial charge in [-0.25, -0.2) is 4.98 Å². The number of fused-ring (bicyclic) bond motifs is 1. The molecule has 2 aromatic rings. The smallest absolute Gasteiger partial charge is 0.236 e. The van der Waals surface area contributed by atoms with Crippen molar-refractivity contribution in [3.05, 3.63) is 40.5 Å². The molecule has 0 fully saturated rings. The molecule has 1 heterocycles. The molecule has 0 saturated carbocycles. The van der Waals surface area contributed by atoms with Gasteiger partial charge in [0.05, 0.1) is 11.1 Å². The Labute approximate surface area is 101 Å². The van der Waals surface area contributed by atoms with Gasteiger partial charge in [-0.3, -0.25) is 0 Å². The number of alkyl halides is 3. The van der Waals surface area contributed by atoms with Gasteiger partial charge in [0.25, 0.3) is 0 Å². The fraction of sp³-hybridized carbons (Fsp3) is 0.250. The van der Waals surface area contributed by atoms with E-state index >= 15 is 0 Å². The minimum absolute atomic E-state index is 0.347. The summed E-state index contributed by atoms with van der Waals surface area (Å²) in [7, 11) is 0. The van der Waals surface area contributed by atoms with Crippen LogP contribution in [-0.4, -0.2) is 4.98 Å². The minimum Gasteiger partial charge on any atom is -0.236 e. The number of rotatable bonds is 1. The van der Waals surface area contributed by atoms with Crippen molar-refractivity contribution in [1.82, 2.24) is 4.98 Å². The van der Waals surface area contributed by atoms with E-state index < -0.39 is 11.7 Å². The summed E-state index contributed by atoms with van der Waals surface area (Å²) in [4.78, 5) is 4.07. The van der Waals surface area contributed by atoms with E-state index in [-0.39, 0.29) is 0 Å². The molecular weight excluding hydrogens is 251 g/mol. The maximum atomic E-state index is 12.5. The van der Waals surface area contributed by atoms with Crippen LogP contribution in [0.3, 0.4) is 0 Å². The van der Waals surface area contributed by atoms with E-state index in [0.29, 0.717) is 22.5 Å². The summed E-state index contributed by atoms with van der Waals surface area (Å²) in [6, 6.07) is 5.10. The molecule has 0 aliphatic heterocycles. The molecule has 0 amide bonds. The highest BCUT2D eigenvalue weighted by atomic mass is 35.5. The lowest BCUT2D eigenvalue weighted by atomic mass is 10.1. The summed E-state index contributed by atoms with van der Waals surface area (Å²) in [5.74, 6) is 0. The third-order valence-corrected chi connectivity index (χ3v) is 2.88. The Kier molecular flexibility index (Phi) is 3.00. The van der Waals surface area contributed by atoms with E-state index in [9.17, 15) is 13.2 Å². The lowest BCUT2D eigenvalue weighted by molar-refractivity contribution is -0.137. The monoisotopic (exact) mass is 259 g/mol. The van der Waals surface area contributed by atoms with Crippen LogP contribution in [0.2, 0.25) is 5.15 Å². The van der Waals surface area contributed by atoms with Crippen molar-refractivity contribution in [3.63, 3.8) is 0 Å². The second-order valence-electron chi connectivity index (χ2n) is 3.70. The van der Waals surface area contributed by atoms with Crippen LogP contribution in [-0.2, 0) is 12.6 Å². The third-order valence-electron chi connectivity index (χ3n) is 2.55. The van der Waals surface area contributed by atoms with Crippen LogP contribution in [0.4, 0.5) is 13.2 Å². The highest BCUT2D eigenvalue weighted by Gasteiger charge is 2.30. The van der Waals surface area contributed by atoms with Crippen LogP contribution < -0.4 is 0 Å². The Morgan fingerprint density at radius 2 is 1.94 bits per heavy atom. The first-order valence-corrected chi connectivity index (χ1v) is 5.46. The third kappa shape index (κ3) is 2.36. The number of benzene rings is 1. The predicted octanol–water partition coefficient (Wildman–Crippen LogP) is 4.47. The largest absolute Gasteiger partial charge is 0.416 e. The summed E-state index contributed by atoms with van der Waals surface area (Å²) >= 11 is 5.90. The van der Waals surface area contributed by atoms with Gasteiger partial charge in [-0.2, -0.15) is 13.2 Å². The first kappa shape index (κ1) is 12.2. The number of pyridine rings is 1. The number of aryl methyl sites for hydroxylation is 1. The highest BCUT2D eigenvalue weighted by molar-refractivity contribution is 6.30. The van der Waals surface area contributed by atoms with Crippen LogP contribution in [0.5, 0.6) is 0 Å². The molecule has 0 spiro atoms. The zero-order valence-electron chi connectivity index (χ0n) is 8.98. The first-order valence-electron chi connectivity index (χ1n) is 5.08. The molecule has 17 heavy (non-hydrogen) atoms. The van der Waals surface area contributed by atoms with Crippen LogP contribution in [0.25, 0.3) is 10.9 Å². The van der Waals surface area contributed by atoms with Crippen molar-refractivity contribution in [3.8, 4) is 0 Å². The molecular formula is C12H9ClF3N. The lowest BCUT2D eigenvalue weighted by Crippen LogP contribution is -2.04. The molecule has 0 atom stereocenters. The van der Waals surface area contributed by atoms with Gasteiger partial charge in [0, 0.05) is 5.39 Å². The number of hydrogen-bond donors (Lipinski definition) is 0. The van der Waals surface area contributed by atoms with Gasteiger partial charge >= 0.3 is 6.18 Å². The van der Waals surface area contributed by atoms with Crippen molar-refractivity contribution in [2.75, 3.05) is 0 Å². The molecule has 0 radical (unpaired) electrons. The number of aromatic nitrogens is 1. The SMILES string of the molecule is CCc1cc2cc(C(F)(F)F)ccc2nc1Cl. The van der Waals surface area contributed by atoms with Crippen molar-refractivity contribution in [2.45, 2.75) is 19.5 Å². The second kappa shape index (κ2) is 4.18. The van der Waals surface area contributed by atoms with Crippen molar-refractivity contribution >= 4 is 22.5 Å². The fourth-order valence-electron chi connectivity index (χ4n) is 1.62. The molecule has 0 unspecified atom stereocenters. The fourth-order valence-corrected chi connectivity index (χ4v) is 1.90. The van der Waals surface area contributed by atoms with Crippen molar-refractivity contribution in [2.24, 2.45) is 0 Å². The highest BCUT2D eigenvalue weighted by Crippen LogP contribution is 2.32. The van der Waals surface area contributed by atoms with Crippen LogP contribution >= 0.6 is 11.6 Å². The molecule has 1 nitrogen and oxygen atoms in total. The predicted molar refractivity (Wildman–Crippen MR) is 61.1 cm³/mol. The van der Waals surface area contributed by atoms with Gasteiger partial charge in [0.15, 0.2) is 0 Å². The summed E-state index contributed by atoms with van der Waals surface area (Å²) in [6.45, 7) is 1.88. The molecule has 2 rings (SSSR count). The Bertz CT molecular complexity index is 563. The van der Waals surface area contributed by atoms with E-state index in [4.69, 9.17) is 11.6 Å². The molecule has 90 valence electrons. The van der Waals surface area contributed by atoms with E-state index in [0.717, 1.165) is 17.7 Å². The first-order chi connectivity index (χ1) is 7.91. The average molecular weight is 260 g/mol. The lowest BCUT2D eigenvalue weighted by Gasteiger charge is -2.08. The number of nitrogens with zero attached hydrogens (tertiary/aromatic N) is 1. The van der Waals surface area contributed by atoms with Crippen LogP contribution in [0, 0.1) is 0 Å². The van der Waals surface area contributed by atoms with Crippen LogP contribution in [0.15, 0.2) is 24.3 Å². The Balaban J connectivity index is 2.65. The molecule has 5 heteroatoms. The topological polar surface area (TPSA) is 12.9 Å². The standard InChI is InChI=1S/C12H9ClF3N/c1-2-7-5-8-6-9(12(14,15)16)3-4-10(8)17-11(7)13/h3-6H,2H2,1H3. The van der Waals surface area contributed by atoms with E-state index in [2.05, 4.69) is 4.98 Å². The van der Waals surface area contributed by atoms with E-state index in [1.165, 1.54) is 6.07 Å². The quantitative estimate of drug-likeness (QED) is 0.689. The van der Waals surface area contributed by atoms with Gasteiger partial charge in [-0.1, -0.05) is 18.5 Å².